The summed E-state index contributed by atoms with van der Waals surface area (Å²) in [7, 11) is 1.83. The molecule has 1 aromatic rings. The van der Waals surface area contributed by atoms with Gasteiger partial charge in [-0.25, -0.2) is 5.01 Å². The van der Waals surface area contributed by atoms with E-state index in [1.54, 1.807) is 13.8 Å². The molecular formula is C16H23N3O2. The average Bonchev–Trinajstić information content (AvgIpc) is 2.87. The highest BCUT2D eigenvalue weighted by molar-refractivity contribution is 6.02. The molecule has 1 aliphatic rings. The second-order valence-corrected chi connectivity index (χ2v) is 6.16. The Hall–Kier alpha value is -1.72. The summed E-state index contributed by atoms with van der Waals surface area (Å²) >= 11 is 0. The van der Waals surface area contributed by atoms with Crippen LogP contribution < -0.4 is 0 Å². The van der Waals surface area contributed by atoms with E-state index in [1.165, 1.54) is 5.01 Å². The van der Waals surface area contributed by atoms with Gasteiger partial charge in [-0.2, -0.15) is 5.10 Å². The monoisotopic (exact) mass is 289 g/mol. The van der Waals surface area contributed by atoms with Crippen molar-refractivity contribution in [1.29, 1.82) is 0 Å². The predicted molar refractivity (Wildman–Crippen MR) is 83.1 cm³/mol. The number of carbonyl (C=O) groups excluding carboxylic acids is 1. The molecule has 0 radical (unpaired) electrons. The lowest BCUT2D eigenvalue weighted by molar-refractivity contribution is -0.132. The van der Waals surface area contributed by atoms with Crippen LogP contribution >= 0.6 is 0 Å². The molecule has 0 atom stereocenters. The zero-order chi connectivity index (χ0) is 15.5. The lowest BCUT2D eigenvalue weighted by Gasteiger charge is -2.25. The molecule has 1 aromatic carbocycles. The van der Waals surface area contributed by atoms with Crippen molar-refractivity contribution in [2.75, 3.05) is 26.7 Å². The van der Waals surface area contributed by atoms with Crippen molar-refractivity contribution in [2.45, 2.75) is 25.9 Å². The van der Waals surface area contributed by atoms with Gasteiger partial charge in [-0.3, -0.25) is 9.69 Å². The SMILES string of the molecule is CN(CC(=O)N1CCC(c2ccccc2)=N1)CC(C)(C)O. The van der Waals surface area contributed by atoms with Crippen molar-refractivity contribution in [1.82, 2.24) is 9.91 Å². The lowest BCUT2D eigenvalue weighted by Crippen LogP contribution is -2.41. The number of amides is 1. The molecule has 0 spiro atoms. The normalized spacial score (nSPS) is 15.5. The molecule has 0 fully saturated rings. The minimum Gasteiger partial charge on any atom is -0.389 e. The smallest absolute Gasteiger partial charge is 0.256 e. The third kappa shape index (κ3) is 4.65. The van der Waals surface area contributed by atoms with Gasteiger partial charge >= 0.3 is 0 Å². The number of aliphatic hydroxyl groups is 1. The van der Waals surface area contributed by atoms with Crippen LogP contribution in [0.3, 0.4) is 0 Å². The topological polar surface area (TPSA) is 56.1 Å². The standard InChI is InChI=1S/C16H23N3O2/c1-16(2,21)12-18(3)11-15(20)19-10-9-14(17-19)13-7-5-4-6-8-13/h4-8,21H,9-12H2,1-3H3. The summed E-state index contributed by atoms with van der Waals surface area (Å²) < 4.78 is 0. The number of nitrogens with zero attached hydrogens (tertiary/aromatic N) is 3. The van der Waals surface area contributed by atoms with Gasteiger partial charge in [0.25, 0.3) is 5.91 Å². The van der Waals surface area contributed by atoms with E-state index in [4.69, 9.17) is 0 Å². The van der Waals surface area contributed by atoms with Gasteiger partial charge in [-0.1, -0.05) is 30.3 Å². The van der Waals surface area contributed by atoms with Crippen LogP contribution in [0.4, 0.5) is 0 Å². The first-order valence-corrected chi connectivity index (χ1v) is 7.19. The Kier molecular flexibility index (Phi) is 4.75. The fourth-order valence-corrected chi connectivity index (χ4v) is 2.50. The Bertz CT molecular complexity index is 520. The van der Waals surface area contributed by atoms with Crippen molar-refractivity contribution in [2.24, 2.45) is 5.10 Å². The maximum Gasteiger partial charge on any atom is 0.256 e. The van der Waals surface area contributed by atoms with Gasteiger partial charge in [0.05, 0.1) is 24.4 Å². The van der Waals surface area contributed by atoms with Gasteiger partial charge in [-0.05, 0) is 26.5 Å². The zero-order valence-electron chi connectivity index (χ0n) is 12.9. The van der Waals surface area contributed by atoms with E-state index in [1.807, 2.05) is 42.3 Å². The number of benzene rings is 1. The summed E-state index contributed by atoms with van der Waals surface area (Å²) in [6.45, 7) is 4.79. The van der Waals surface area contributed by atoms with Gasteiger partial charge in [0.2, 0.25) is 0 Å². The van der Waals surface area contributed by atoms with E-state index >= 15 is 0 Å². The highest BCUT2D eigenvalue weighted by Gasteiger charge is 2.24. The molecule has 21 heavy (non-hydrogen) atoms. The molecule has 0 saturated heterocycles. The molecule has 0 saturated carbocycles. The van der Waals surface area contributed by atoms with Gasteiger partial charge in [0.1, 0.15) is 0 Å². The van der Waals surface area contributed by atoms with Crippen molar-refractivity contribution < 1.29 is 9.90 Å². The average molecular weight is 289 g/mol. The van der Waals surface area contributed by atoms with E-state index in [-0.39, 0.29) is 12.5 Å². The fraction of sp³-hybridized carbons (Fsp3) is 0.500. The van der Waals surface area contributed by atoms with Crippen LogP contribution in [-0.4, -0.2) is 58.9 Å². The number of carbonyl (C=O) groups is 1. The number of hydrogen-bond acceptors (Lipinski definition) is 4. The minimum absolute atomic E-state index is 0.0346. The first-order valence-electron chi connectivity index (χ1n) is 7.19. The van der Waals surface area contributed by atoms with Crippen molar-refractivity contribution in [3.05, 3.63) is 35.9 Å². The van der Waals surface area contributed by atoms with E-state index in [9.17, 15) is 9.90 Å². The van der Waals surface area contributed by atoms with Crippen LogP contribution in [0, 0.1) is 0 Å². The molecule has 0 aromatic heterocycles. The summed E-state index contributed by atoms with van der Waals surface area (Å²) in [5.41, 5.74) is 1.21. The molecule has 1 N–H and O–H groups in total. The Labute approximate surface area is 125 Å². The van der Waals surface area contributed by atoms with Crippen LogP contribution in [0.2, 0.25) is 0 Å². The Balaban J connectivity index is 1.94. The highest BCUT2D eigenvalue weighted by atomic mass is 16.3. The third-order valence-electron chi connectivity index (χ3n) is 3.26. The highest BCUT2D eigenvalue weighted by Crippen LogP contribution is 2.14. The van der Waals surface area contributed by atoms with Gasteiger partial charge in [0, 0.05) is 13.0 Å². The number of likely N-dealkylation sites (N-methyl/N-ethyl adjacent to an activating group) is 1. The Morgan fingerprint density at radius 2 is 2.05 bits per heavy atom. The van der Waals surface area contributed by atoms with Gasteiger partial charge < -0.3 is 5.11 Å². The van der Waals surface area contributed by atoms with Crippen molar-refractivity contribution in [3.63, 3.8) is 0 Å². The molecule has 0 bridgehead atoms. The Morgan fingerprint density at radius 3 is 2.67 bits per heavy atom. The molecule has 5 heteroatoms. The van der Waals surface area contributed by atoms with E-state index in [0.717, 1.165) is 17.7 Å². The molecule has 1 aliphatic heterocycles. The van der Waals surface area contributed by atoms with Crippen molar-refractivity contribution >= 4 is 11.6 Å². The first kappa shape index (κ1) is 15.7. The molecule has 0 unspecified atom stereocenters. The molecule has 1 heterocycles. The van der Waals surface area contributed by atoms with E-state index in [2.05, 4.69) is 5.10 Å². The maximum atomic E-state index is 12.2. The predicted octanol–water partition coefficient (Wildman–Crippen LogP) is 1.33. The third-order valence-corrected chi connectivity index (χ3v) is 3.26. The summed E-state index contributed by atoms with van der Waals surface area (Å²) in [5.74, 6) is -0.0346. The van der Waals surface area contributed by atoms with Crippen LogP contribution in [0.25, 0.3) is 0 Å². The molecule has 0 aliphatic carbocycles. The summed E-state index contributed by atoms with van der Waals surface area (Å²) in [6.07, 6.45) is 0.783. The second-order valence-electron chi connectivity index (χ2n) is 6.16. The summed E-state index contributed by atoms with van der Waals surface area (Å²) in [5, 5.41) is 15.7. The fourth-order valence-electron chi connectivity index (χ4n) is 2.50. The van der Waals surface area contributed by atoms with Crippen LogP contribution in [0.15, 0.2) is 35.4 Å². The second kappa shape index (κ2) is 6.37. The first-order chi connectivity index (χ1) is 9.85. The molecule has 5 nitrogen and oxygen atoms in total. The maximum absolute atomic E-state index is 12.2. The molecule has 1 amide bonds. The van der Waals surface area contributed by atoms with E-state index in [0.29, 0.717) is 13.1 Å². The summed E-state index contributed by atoms with van der Waals surface area (Å²) in [6, 6.07) is 9.92. The number of rotatable bonds is 5. The largest absolute Gasteiger partial charge is 0.389 e. The van der Waals surface area contributed by atoms with E-state index < -0.39 is 5.60 Å². The molecular weight excluding hydrogens is 266 g/mol. The Morgan fingerprint density at radius 1 is 1.38 bits per heavy atom. The molecule has 114 valence electrons. The van der Waals surface area contributed by atoms with Gasteiger partial charge in [-0.15, -0.1) is 0 Å². The number of hydrogen-bond donors (Lipinski definition) is 1. The summed E-state index contributed by atoms with van der Waals surface area (Å²) in [4.78, 5) is 14.0. The van der Waals surface area contributed by atoms with Crippen LogP contribution in [-0.2, 0) is 4.79 Å². The lowest BCUT2D eigenvalue weighted by atomic mass is 10.1. The zero-order valence-corrected chi connectivity index (χ0v) is 12.9. The molecule has 2 rings (SSSR count). The minimum atomic E-state index is -0.807. The van der Waals surface area contributed by atoms with Gasteiger partial charge in [0.15, 0.2) is 0 Å². The quantitative estimate of drug-likeness (QED) is 0.889. The van der Waals surface area contributed by atoms with Crippen LogP contribution in [0.5, 0.6) is 0 Å². The number of hydrazone groups is 1. The van der Waals surface area contributed by atoms with Crippen molar-refractivity contribution in [3.8, 4) is 0 Å². The van der Waals surface area contributed by atoms with Crippen LogP contribution in [0.1, 0.15) is 25.8 Å².